The highest BCUT2D eigenvalue weighted by atomic mass is 19.1. The standard InChI is InChI=1S/C36H30F2N4O3/c37-30-13-11-26(15-28(30)19-39)21-41-32(17-24-7-3-1-4-8-24)34-35(45-23-44-34)33(18-25-9-5-2-6-10-25)42(36(41)43)22-27-12-14-31(38)29(16-27)20-40/h1-16,32-35H,17-18,21-23H2/t32-,33-,34+,35+/m1/s1. The molecule has 45 heavy (non-hydrogen) atoms. The summed E-state index contributed by atoms with van der Waals surface area (Å²) in [6.07, 6.45) is -0.0900. The Kier molecular flexibility index (Phi) is 8.84. The van der Waals surface area contributed by atoms with Crippen molar-refractivity contribution in [3.8, 4) is 12.1 Å². The van der Waals surface area contributed by atoms with Gasteiger partial charge in [0, 0.05) is 13.1 Å². The molecule has 2 fully saturated rings. The van der Waals surface area contributed by atoms with Crippen LogP contribution in [0.4, 0.5) is 13.6 Å². The van der Waals surface area contributed by atoms with Crippen molar-refractivity contribution >= 4 is 6.03 Å². The van der Waals surface area contributed by atoms with Gasteiger partial charge in [0.05, 0.1) is 23.2 Å². The first-order valence-electron chi connectivity index (χ1n) is 14.7. The van der Waals surface area contributed by atoms with Crippen LogP contribution in [0.3, 0.4) is 0 Å². The SMILES string of the molecule is N#Cc1cc(CN2C(=O)N(Cc3ccc(F)c(C#N)c3)[C@H](Cc3ccccc3)[C@@H]3OCO[C@H]3[C@H]2Cc2ccccc2)ccc1F. The lowest BCUT2D eigenvalue weighted by Crippen LogP contribution is -2.50. The van der Waals surface area contributed by atoms with Gasteiger partial charge in [-0.05, 0) is 59.4 Å². The quantitative estimate of drug-likeness (QED) is 0.242. The molecule has 6 rings (SSSR count). The summed E-state index contributed by atoms with van der Waals surface area (Å²) in [4.78, 5) is 18.3. The van der Waals surface area contributed by atoms with E-state index in [4.69, 9.17) is 9.47 Å². The molecule has 0 bridgehead atoms. The van der Waals surface area contributed by atoms with Crippen LogP contribution in [0.25, 0.3) is 0 Å². The number of carbonyl (C=O) groups is 1. The van der Waals surface area contributed by atoms with Gasteiger partial charge in [-0.3, -0.25) is 0 Å². The molecule has 0 N–H and O–H groups in total. The second-order valence-electron chi connectivity index (χ2n) is 11.3. The van der Waals surface area contributed by atoms with Gasteiger partial charge in [0.2, 0.25) is 0 Å². The molecule has 4 atom stereocenters. The number of nitriles is 2. The molecule has 2 aliphatic rings. The van der Waals surface area contributed by atoms with Crippen molar-refractivity contribution in [1.29, 1.82) is 10.5 Å². The van der Waals surface area contributed by atoms with E-state index in [1.54, 1.807) is 21.9 Å². The lowest BCUT2D eigenvalue weighted by molar-refractivity contribution is 0.00167. The minimum atomic E-state index is -0.633. The molecule has 2 heterocycles. The number of hydrogen-bond acceptors (Lipinski definition) is 5. The van der Waals surface area contributed by atoms with Gasteiger partial charge in [0.1, 0.15) is 42.8 Å². The van der Waals surface area contributed by atoms with E-state index in [9.17, 15) is 24.1 Å². The van der Waals surface area contributed by atoms with Crippen LogP contribution in [0, 0.1) is 34.3 Å². The third-order valence-electron chi connectivity index (χ3n) is 8.48. The second-order valence-corrected chi connectivity index (χ2v) is 11.3. The van der Waals surface area contributed by atoms with E-state index >= 15 is 0 Å². The van der Waals surface area contributed by atoms with E-state index in [0.717, 1.165) is 11.1 Å². The first-order valence-corrected chi connectivity index (χ1v) is 14.7. The second kappa shape index (κ2) is 13.3. The molecular formula is C36H30F2N4O3. The highest BCUT2D eigenvalue weighted by molar-refractivity contribution is 5.76. The summed E-state index contributed by atoms with van der Waals surface area (Å²) in [5.74, 6) is -1.27. The number of amides is 2. The average Bonchev–Trinajstić information content (AvgIpc) is 3.53. The van der Waals surface area contributed by atoms with Crippen molar-refractivity contribution in [2.75, 3.05) is 6.79 Å². The topological polar surface area (TPSA) is 89.6 Å². The molecule has 2 aliphatic heterocycles. The van der Waals surface area contributed by atoms with Crippen molar-refractivity contribution < 1.29 is 23.0 Å². The monoisotopic (exact) mass is 604 g/mol. The molecule has 0 aromatic heterocycles. The van der Waals surface area contributed by atoms with E-state index < -0.39 is 35.9 Å². The van der Waals surface area contributed by atoms with E-state index in [1.165, 1.54) is 24.3 Å². The Morgan fingerprint density at radius 3 is 1.47 bits per heavy atom. The molecule has 4 aromatic rings. The summed E-state index contributed by atoms with van der Waals surface area (Å²) in [6, 6.07) is 30.6. The van der Waals surface area contributed by atoms with Crippen molar-refractivity contribution in [1.82, 2.24) is 9.80 Å². The summed E-state index contributed by atoms with van der Waals surface area (Å²) >= 11 is 0. The molecule has 0 aliphatic carbocycles. The molecule has 0 spiro atoms. The zero-order chi connectivity index (χ0) is 31.3. The van der Waals surface area contributed by atoms with Gasteiger partial charge < -0.3 is 19.3 Å². The number of urea groups is 1. The Bertz CT molecular complexity index is 1630. The summed E-state index contributed by atoms with van der Waals surface area (Å²) in [6.45, 7) is 0.213. The highest BCUT2D eigenvalue weighted by Crippen LogP contribution is 2.35. The molecule has 226 valence electrons. The van der Waals surface area contributed by atoms with Crippen molar-refractivity contribution in [3.63, 3.8) is 0 Å². The minimum Gasteiger partial charge on any atom is -0.347 e. The zero-order valence-corrected chi connectivity index (χ0v) is 24.4. The molecule has 0 unspecified atom stereocenters. The predicted molar refractivity (Wildman–Crippen MR) is 161 cm³/mol. The number of hydrogen-bond donors (Lipinski definition) is 0. The maximum absolute atomic E-state index is 14.9. The van der Waals surface area contributed by atoms with Crippen LogP contribution < -0.4 is 0 Å². The Balaban J connectivity index is 1.47. The van der Waals surface area contributed by atoms with Gasteiger partial charge in [-0.15, -0.1) is 0 Å². The molecule has 0 saturated carbocycles. The van der Waals surface area contributed by atoms with E-state index in [-0.39, 0.29) is 37.0 Å². The first-order chi connectivity index (χ1) is 21.9. The van der Waals surface area contributed by atoms with Crippen LogP contribution in [0.2, 0.25) is 0 Å². The number of halogens is 2. The van der Waals surface area contributed by atoms with Gasteiger partial charge in [-0.1, -0.05) is 72.8 Å². The summed E-state index contributed by atoms with van der Waals surface area (Å²) in [5, 5.41) is 19.0. The summed E-state index contributed by atoms with van der Waals surface area (Å²) < 4.78 is 41.1. The summed E-state index contributed by atoms with van der Waals surface area (Å²) in [5.41, 5.74) is 2.95. The smallest absolute Gasteiger partial charge is 0.321 e. The Morgan fingerprint density at radius 1 is 0.644 bits per heavy atom. The van der Waals surface area contributed by atoms with Crippen LogP contribution in [0.15, 0.2) is 97.1 Å². The van der Waals surface area contributed by atoms with Gasteiger partial charge in [0.25, 0.3) is 0 Å². The highest BCUT2D eigenvalue weighted by Gasteiger charge is 2.51. The van der Waals surface area contributed by atoms with Gasteiger partial charge in [-0.25, -0.2) is 13.6 Å². The molecule has 7 nitrogen and oxygen atoms in total. The molecule has 2 saturated heterocycles. The predicted octanol–water partition coefficient (Wildman–Crippen LogP) is 6.11. The van der Waals surface area contributed by atoms with Gasteiger partial charge in [0.15, 0.2) is 0 Å². The molecule has 2 amide bonds. The minimum absolute atomic E-state index is 0.0477. The van der Waals surface area contributed by atoms with Crippen LogP contribution in [-0.2, 0) is 35.4 Å². The van der Waals surface area contributed by atoms with Crippen LogP contribution in [0.1, 0.15) is 33.4 Å². The van der Waals surface area contributed by atoms with Crippen LogP contribution in [-0.4, -0.2) is 46.9 Å². The fourth-order valence-corrected chi connectivity index (χ4v) is 6.29. The molecule has 9 heteroatoms. The Morgan fingerprint density at radius 2 is 1.07 bits per heavy atom. The van der Waals surface area contributed by atoms with Crippen LogP contribution in [0.5, 0.6) is 0 Å². The van der Waals surface area contributed by atoms with Gasteiger partial charge in [-0.2, -0.15) is 10.5 Å². The average molecular weight is 605 g/mol. The molecule has 4 aromatic carbocycles. The third-order valence-corrected chi connectivity index (χ3v) is 8.48. The number of fused-ring (bicyclic) bond motifs is 1. The van der Waals surface area contributed by atoms with E-state index in [1.807, 2.05) is 72.8 Å². The molecule has 0 radical (unpaired) electrons. The maximum atomic E-state index is 14.9. The number of rotatable bonds is 8. The first kappa shape index (κ1) is 30.0. The van der Waals surface area contributed by atoms with Crippen LogP contribution >= 0.6 is 0 Å². The largest absolute Gasteiger partial charge is 0.347 e. The van der Waals surface area contributed by atoms with Crippen molar-refractivity contribution in [2.45, 2.75) is 50.2 Å². The zero-order valence-electron chi connectivity index (χ0n) is 24.4. The third kappa shape index (κ3) is 6.41. The fourth-order valence-electron chi connectivity index (χ4n) is 6.29. The summed E-state index contributed by atoms with van der Waals surface area (Å²) in [7, 11) is 0. The molecular weight excluding hydrogens is 574 g/mol. The number of carbonyl (C=O) groups excluding carboxylic acids is 1. The van der Waals surface area contributed by atoms with Gasteiger partial charge >= 0.3 is 6.03 Å². The van der Waals surface area contributed by atoms with Crippen molar-refractivity contribution in [3.05, 3.63) is 142 Å². The normalized spacial score (nSPS) is 21.1. The maximum Gasteiger partial charge on any atom is 0.321 e. The lowest BCUT2D eigenvalue weighted by Gasteiger charge is -2.36. The fraction of sp³-hybridized carbons (Fsp3) is 0.250. The lowest BCUT2D eigenvalue weighted by atomic mass is 9.91. The number of nitrogens with zero attached hydrogens (tertiary/aromatic N) is 4. The number of ether oxygens (including phenoxy) is 2. The Hall–Kier alpha value is -5.09. The van der Waals surface area contributed by atoms with E-state index in [0.29, 0.717) is 24.0 Å². The number of benzene rings is 4. The van der Waals surface area contributed by atoms with Crippen molar-refractivity contribution in [2.24, 2.45) is 0 Å². The Labute approximate surface area is 260 Å². The van der Waals surface area contributed by atoms with E-state index in [2.05, 4.69) is 0 Å².